The first-order valence-electron chi connectivity index (χ1n) is 10.2. The number of rotatable bonds is 2. The van der Waals surface area contributed by atoms with E-state index >= 15 is 0 Å². The maximum absolute atomic E-state index is 13.3. The molecule has 2 N–H and O–H groups in total. The number of aromatic nitrogens is 4. The summed E-state index contributed by atoms with van der Waals surface area (Å²) < 4.78 is 0. The number of carbonyl (C=O) groups is 1. The Morgan fingerprint density at radius 1 is 1.14 bits per heavy atom. The molecule has 0 radical (unpaired) electrons. The van der Waals surface area contributed by atoms with Crippen molar-refractivity contribution in [2.75, 3.05) is 5.32 Å². The molecule has 0 aromatic carbocycles. The summed E-state index contributed by atoms with van der Waals surface area (Å²) in [5.41, 5.74) is 4.78. The molecule has 28 heavy (non-hydrogen) atoms. The van der Waals surface area contributed by atoms with Gasteiger partial charge in [0.25, 0.3) is 0 Å². The summed E-state index contributed by atoms with van der Waals surface area (Å²) in [6.45, 7) is 6.56. The molecule has 1 atom stereocenters. The number of H-pyrrole nitrogens is 1. The predicted molar refractivity (Wildman–Crippen MR) is 107 cm³/mol. The Kier molecular flexibility index (Phi) is 3.77. The molecule has 2 aromatic heterocycles. The zero-order valence-corrected chi connectivity index (χ0v) is 16.8. The topological polar surface area (TPSA) is 83.6 Å². The number of Topliss-reactive ketones (excluding diaryl/α,β-unsaturated/α-hetero) is 1. The molecule has 2 aliphatic carbocycles. The highest BCUT2D eigenvalue weighted by molar-refractivity contribution is 5.98. The van der Waals surface area contributed by atoms with Crippen LogP contribution in [0.3, 0.4) is 0 Å². The molecule has 1 aliphatic heterocycles. The van der Waals surface area contributed by atoms with Gasteiger partial charge in [-0.2, -0.15) is 5.10 Å². The van der Waals surface area contributed by atoms with Crippen molar-refractivity contribution in [3.8, 4) is 0 Å². The SMILES string of the molecule is CC1(C)CCC2=C(CC(C)(c3cnccn3)c3c(n[nH]c3C3CC3)N2)C(=O)C1. The molecule has 1 fully saturated rings. The summed E-state index contributed by atoms with van der Waals surface area (Å²) in [5.74, 6) is 1.64. The number of fused-ring (bicyclic) bond motifs is 1. The zero-order chi connectivity index (χ0) is 19.5. The Morgan fingerprint density at radius 3 is 2.68 bits per heavy atom. The van der Waals surface area contributed by atoms with E-state index in [4.69, 9.17) is 0 Å². The van der Waals surface area contributed by atoms with Crippen LogP contribution in [0.5, 0.6) is 0 Å². The van der Waals surface area contributed by atoms with Crippen molar-refractivity contribution >= 4 is 11.6 Å². The Labute approximate surface area is 165 Å². The molecule has 2 aromatic rings. The summed E-state index contributed by atoms with van der Waals surface area (Å²) in [4.78, 5) is 22.3. The average molecular weight is 377 g/mol. The van der Waals surface area contributed by atoms with E-state index in [-0.39, 0.29) is 11.2 Å². The van der Waals surface area contributed by atoms with Gasteiger partial charge in [0.15, 0.2) is 11.6 Å². The summed E-state index contributed by atoms with van der Waals surface area (Å²) in [5, 5.41) is 11.5. The van der Waals surface area contributed by atoms with Gasteiger partial charge >= 0.3 is 0 Å². The van der Waals surface area contributed by atoms with E-state index in [1.54, 1.807) is 12.4 Å². The van der Waals surface area contributed by atoms with Gasteiger partial charge in [-0.25, -0.2) is 0 Å². The van der Waals surface area contributed by atoms with Gasteiger partial charge in [-0.1, -0.05) is 13.8 Å². The lowest BCUT2D eigenvalue weighted by molar-refractivity contribution is -0.117. The van der Waals surface area contributed by atoms with Gasteiger partial charge in [0.05, 0.1) is 5.69 Å². The smallest absolute Gasteiger partial charge is 0.161 e. The van der Waals surface area contributed by atoms with Crippen LogP contribution < -0.4 is 5.32 Å². The van der Waals surface area contributed by atoms with Crippen LogP contribution in [-0.2, 0) is 10.2 Å². The fraction of sp³-hybridized carbons (Fsp3) is 0.545. The van der Waals surface area contributed by atoms with Crippen molar-refractivity contribution in [3.05, 3.63) is 46.8 Å². The highest BCUT2D eigenvalue weighted by Gasteiger charge is 2.45. The van der Waals surface area contributed by atoms with Crippen molar-refractivity contribution in [1.82, 2.24) is 20.2 Å². The van der Waals surface area contributed by atoms with Crippen LogP contribution in [0.25, 0.3) is 0 Å². The van der Waals surface area contributed by atoms with Gasteiger partial charge in [-0.05, 0) is 44.4 Å². The molecule has 0 amide bonds. The van der Waals surface area contributed by atoms with Crippen LogP contribution in [0.2, 0.25) is 0 Å². The second-order valence-electron chi connectivity index (χ2n) is 9.58. The number of carbonyl (C=O) groups excluding carboxylic acids is 1. The number of nitrogens with zero attached hydrogens (tertiary/aromatic N) is 3. The second-order valence-corrected chi connectivity index (χ2v) is 9.58. The molecule has 5 rings (SSSR count). The predicted octanol–water partition coefficient (Wildman–Crippen LogP) is 4.23. The Balaban J connectivity index is 1.69. The van der Waals surface area contributed by atoms with E-state index in [1.165, 1.54) is 18.5 Å². The highest BCUT2D eigenvalue weighted by atomic mass is 16.1. The molecular weight excluding hydrogens is 350 g/mol. The van der Waals surface area contributed by atoms with Gasteiger partial charge in [0.1, 0.15) is 0 Å². The molecule has 3 heterocycles. The maximum Gasteiger partial charge on any atom is 0.161 e. The summed E-state index contributed by atoms with van der Waals surface area (Å²) in [7, 11) is 0. The van der Waals surface area contributed by atoms with Crippen molar-refractivity contribution in [2.24, 2.45) is 5.41 Å². The van der Waals surface area contributed by atoms with Crippen molar-refractivity contribution < 1.29 is 4.79 Å². The van der Waals surface area contributed by atoms with Crippen LogP contribution in [0.1, 0.15) is 82.2 Å². The van der Waals surface area contributed by atoms with Crippen LogP contribution in [0, 0.1) is 5.41 Å². The van der Waals surface area contributed by atoms with E-state index in [9.17, 15) is 4.79 Å². The number of aromatic amines is 1. The number of nitrogens with one attached hydrogen (secondary N) is 2. The Hall–Kier alpha value is -2.50. The van der Waals surface area contributed by atoms with Crippen molar-refractivity contribution in [1.29, 1.82) is 0 Å². The zero-order valence-electron chi connectivity index (χ0n) is 16.8. The third-order valence-electron chi connectivity index (χ3n) is 6.65. The highest BCUT2D eigenvalue weighted by Crippen LogP contribution is 2.52. The summed E-state index contributed by atoms with van der Waals surface area (Å²) in [6, 6.07) is 0. The van der Waals surface area contributed by atoms with Crippen molar-refractivity contribution in [2.45, 2.75) is 70.6 Å². The summed E-state index contributed by atoms with van der Waals surface area (Å²) in [6.07, 6.45) is 10.7. The lowest BCUT2D eigenvalue weighted by Crippen LogP contribution is -2.28. The molecule has 6 heteroatoms. The lowest BCUT2D eigenvalue weighted by atomic mass is 9.73. The number of hydrogen-bond acceptors (Lipinski definition) is 5. The normalized spacial score (nSPS) is 26.8. The second kappa shape index (κ2) is 6.00. The minimum absolute atomic E-state index is 0.0154. The molecular formula is C22H27N5O. The van der Waals surface area contributed by atoms with Gasteiger partial charge in [-0.3, -0.25) is 19.9 Å². The molecule has 6 nitrogen and oxygen atoms in total. The average Bonchev–Trinajstić information content (AvgIpc) is 3.45. The number of ketones is 1. The largest absolute Gasteiger partial charge is 0.342 e. The van der Waals surface area contributed by atoms with Gasteiger partial charge in [-0.15, -0.1) is 0 Å². The molecule has 0 saturated heterocycles. The molecule has 0 spiro atoms. The standard InChI is InChI=1S/C22H27N5O/c1-21(2)7-6-15-14(16(28)11-21)10-22(3,17-12-23-8-9-24-17)18-19(13-4-5-13)26-27-20(18)25-15/h8-9,12-13H,4-7,10-11H2,1-3H3,(H2,25,26,27). The van der Waals surface area contributed by atoms with E-state index in [0.717, 1.165) is 41.2 Å². The fourth-order valence-corrected chi connectivity index (χ4v) is 4.81. The first-order valence-corrected chi connectivity index (χ1v) is 10.2. The van der Waals surface area contributed by atoms with Gasteiger partial charge in [0.2, 0.25) is 0 Å². The van der Waals surface area contributed by atoms with E-state index < -0.39 is 5.41 Å². The number of allylic oxidation sites excluding steroid dienone is 2. The molecule has 1 saturated carbocycles. The number of anilines is 1. The van der Waals surface area contributed by atoms with Crippen molar-refractivity contribution in [3.63, 3.8) is 0 Å². The molecule has 1 unspecified atom stereocenters. The number of hydrogen-bond donors (Lipinski definition) is 2. The van der Waals surface area contributed by atoms with Crippen LogP contribution >= 0.6 is 0 Å². The van der Waals surface area contributed by atoms with E-state index in [0.29, 0.717) is 18.8 Å². The minimum atomic E-state index is -0.442. The molecule has 146 valence electrons. The fourth-order valence-electron chi connectivity index (χ4n) is 4.81. The monoisotopic (exact) mass is 377 g/mol. The third kappa shape index (κ3) is 2.77. The first-order chi connectivity index (χ1) is 13.4. The molecule has 3 aliphatic rings. The Morgan fingerprint density at radius 2 is 1.96 bits per heavy atom. The quantitative estimate of drug-likeness (QED) is 0.818. The Bertz CT molecular complexity index is 970. The maximum atomic E-state index is 13.3. The van der Waals surface area contributed by atoms with Crippen LogP contribution in [0.4, 0.5) is 5.82 Å². The van der Waals surface area contributed by atoms with Gasteiger partial charge in [0, 0.05) is 58.9 Å². The first kappa shape index (κ1) is 17.6. The molecule has 0 bridgehead atoms. The third-order valence-corrected chi connectivity index (χ3v) is 6.65. The van der Waals surface area contributed by atoms with Gasteiger partial charge < -0.3 is 5.32 Å². The lowest BCUT2D eigenvalue weighted by Gasteiger charge is -2.30. The minimum Gasteiger partial charge on any atom is -0.342 e. The van der Waals surface area contributed by atoms with Crippen LogP contribution in [-0.4, -0.2) is 25.9 Å². The van der Waals surface area contributed by atoms with E-state index in [1.807, 2.05) is 6.20 Å². The van der Waals surface area contributed by atoms with Crippen LogP contribution in [0.15, 0.2) is 29.9 Å². The summed E-state index contributed by atoms with van der Waals surface area (Å²) >= 11 is 0. The van der Waals surface area contributed by atoms with E-state index in [2.05, 4.69) is 46.3 Å².